The minimum atomic E-state index is 0.410. The molecule has 0 aliphatic heterocycles. The molecular weight excluding hydrogens is 232 g/mol. The number of nitrogens with one attached hydrogen (secondary N) is 1. The number of anilines is 3. The van der Waals surface area contributed by atoms with E-state index >= 15 is 0 Å². The number of nitrogens with zero attached hydrogens (tertiary/aromatic N) is 1. The zero-order chi connectivity index (χ0) is 12.3. The van der Waals surface area contributed by atoms with Crippen LogP contribution < -0.4 is 16.8 Å². The van der Waals surface area contributed by atoms with Gasteiger partial charge in [0, 0.05) is 11.3 Å². The molecule has 0 atom stereocenters. The van der Waals surface area contributed by atoms with E-state index in [0.717, 1.165) is 11.1 Å². The van der Waals surface area contributed by atoms with Crippen LogP contribution in [0.25, 0.3) is 0 Å². The Balaban J connectivity index is 1.91. The van der Waals surface area contributed by atoms with Crippen molar-refractivity contribution in [2.45, 2.75) is 37.0 Å². The van der Waals surface area contributed by atoms with Crippen molar-refractivity contribution >= 4 is 29.1 Å². The highest BCUT2D eigenvalue weighted by Gasteiger charge is 2.20. The Hall–Kier alpha value is -1.10. The van der Waals surface area contributed by atoms with E-state index in [4.69, 9.17) is 11.5 Å². The molecule has 5 N–H and O–H groups in total. The fourth-order valence-electron chi connectivity index (χ4n) is 2.22. The standard InChI is InChI=1S/C12H20N4S/c1-17-9-4-2-8(3-5-9)15-11-7-6-10(13)12(14)16-11/h6-9H,2-5,13H2,1H3,(H3,14,15,16). The third-order valence-electron chi connectivity index (χ3n) is 3.32. The Morgan fingerprint density at radius 3 is 2.53 bits per heavy atom. The second-order valence-electron chi connectivity index (χ2n) is 4.52. The Morgan fingerprint density at radius 1 is 1.24 bits per heavy atom. The molecule has 5 heteroatoms. The molecule has 0 bridgehead atoms. The number of nitrogens with two attached hydrogens (primary N) is 2. The molecule has 4 nitrogen and oxygen atoms in total. The number of thioether (sulfide) groups is 1. The first-order valence-electron chi connectivity index (χ1n) is 6.00. The van der Waals surface area contributed by atoms with E-state index < -0.39 is 0 Å². The van der Waals surface area contributed by atoms with Crippen molar-refractivity contribution in [3.8, 4) is 0 Å². The number of hydrogen-bond donors (Lipinski definition) is 3. The lowest BCUT2D eigenvalue weighted by molar-refractivity contribution is 0.472. The van der Waals surface area contributed by atoms with Crippen LogP contribution in [-0.4, -0.2) is 22.5 Å². The molecule has 1 aromatic heterocycles. The third-order valence-corrected chi connectivity index (χ3v) is 4.46. The van der Waals surface area contributed by atoms with Gasteiger partial charge in [0.25, 0.3) is 0 Å². The topological polar surface area (TPSA) is 77.0 Å². The number of rotatable bonds is 3. The molecule has 1 saturated carbocycles. The quantitative estimate of drug-likeness (QED) is 0.769. The summed E-state index contributed by atoms with van der Waals surface area (Å²) in [5.41, 5.74) is 11.9. The predicted octanol–water partition coefficient (Wildman–Crippen LogP) is 2.33. The van der Waals surface area contributed by atoms with Crippen LogP contribution in [0.3, 0.4) is 0 Å². The molecule has 0 unspecified atom stereocenters. The van der Waals surface area contributed by atoms with Gasteiger partial charge in [-0.2, -0.15) is 11.8 Å². The molecule has 1 aliphatic carbocycles. The van der Waals surface area contributed by atoms with Crippen molar-refractivity contribution in [3.05, 3.63) is 12.1 Å². The molecule has 0 spiro atoms. The molecular formula is C12H20N4S. The molecule has 1 heterocycles. The van der Waals surface area contributed by atoms with Gasteiger partial charge in [-0.05, 0) is 44.1 Å². The second kappa shape index (κ2) is 5.49. The molecule has 94 valence electrons. The van der Waals surface area contributed by atoms with Gasteiger partial charge in [0.1, 0.15) is 11.6 Å². The Kier molecular flexibility index (Phi) is 3.99. The molecule has 1 aromatic rings. The lowest BCUT2D eigenvalue weighted by Crippen LogP contribution is -2.27. The van der Waals surface area contributed by atoms with Gasteiger partial charge < -0.3 is 16.8 Å². The van der Waals surface area contributed by atoms with Crippen LogP contribution in [0.2, 0.25) is 0 Å². The van der Waals surface area contributed by atoms with Crippen LogP contribution in [-0.2, 0) is 0 Å². The van der Waals surface area contributed by atoms with Crippen molar-refractivity contribution < 1.29 is 0 Å². The van der Waals surface area contributed by atoms with Crippen molar-refractivity contribution in [1.29, 1.82) is 0 Å². The largest absolute Gasteiger partial charge is 0.396 e. The van der Waals surface area contributed by atoms with Gasteiger partial charge in [0.2, 0.25) is 0 Å². The second-order valence-corrected chi connectivity index (χ2v) is 5.66. The summed E-state index contributed by atoms with van der Waals surface area (Å²) in [6, 6.07) is 4.22. The Bertz CT molecular complexity index is 375. The summed E-state index contributed by atoms with van der Waals surface area (Å²) < 4.78 is 0. The van der Waals surface area contributed by atoms with Crippen molar-refractivity contribution in [2.24, 2.45) is 0 Å². The van der Waals surface area contributed by atoms with Crippen LogP contribution in [0.5, 0.6) is 0 Å². The van der Waals surface area contributed by atoms with Crippen molar-refractivity contribution in [2.75, 3.05) is 23.0 Å². The van der Waals surface area contributed by atoms with Crippen LogP contribution in [0.15, 0.2) is 12.1 Å². The smallest absolute Gasteiger partial charge is 0.149 e. The summed E-state index contributed by atoms with van der Waals surface area (Å²) in [5.74, 6) is 1.25. The highest BCUT2D eigenvalue weighted by Crippen LogP contribution is 2.28. The van der Waals surface area contributed by atoms with Gasteiger partial charge >= 0.3 is 0 Å². The molecule has 0 aromatic carbocycles. The third kappa shape index (κ3) is 3.19. The molecule has 1 fully saturated rings. The number of pyridine rings is 1. The van der Waals surface area contributed by atoms with E-state index in [0.29, 0.717) is 17.5 Å². The van der Waals surface area contributed by atoms with Gasteiger partial charge in [-0.15, -0.1) is 0 Å². The number of hydrogen-bond acceptors (Lipinski definition) is 5. The first kappa shape index (κ1) is 12.4. The molecule has 2 rings (SSSR count). The minimum absolute atomic E-state index is 0.410. The predicted molar refractivity (Wildman–Crippen MR) is 76.2 cm³/mol. The molecule has 0 radical (unpaired) electrons. The van der Waals surface area contributed by atoms with Crippen LogP contribution in [0.4, 0.5) is 17.3 Å². The van der Waals surface area contributed by atoms with E-state index in [1.807, 2.05) is 17.8 Å². The summed E-state index contributed by atoms with van der Waals surface area (Å²) >= 11 is 1.98. The summed E-state index contributed by atoms with van der Waals surface area (Å²) in [6.07, 6.45) is 7.17. The molecule has 0 amide bonds. The summed E-state index contributed by atoms with van der Waals surface area (Å²) in [4.78, 5) is 4.24. The monoisotopic (exact) mass is 252 g/mol. The van der Waals surface area contributed by atoms with Crippen molar-refractivity contribution in [3.63, 3.8) is 0 Å². The highest BCUT2D eigenvalue weighted by molar-refractivity contribution is 7.99. The van der Waals surface area contributed by atoms with Crippen LogP contribution >= 0.6 is 11.8 Å². The summed E-state index contributed by atoms with van der Waals surface area (Å²) in [5, 5.41) is 4.27. The first-order chi connectivity index (χ1) is 8.19. The first-order valence-corrected chi connectivity index (χ1v) is 7.29. The van der Waals surface area contributed by atoms with Gasteiger partial charge in [-0.3, -0.25) is 0 Å². The minimum Gasteiger partial charge on any atom is -0.396 e. The van der Waals surface area contributed by atoms with Gasteiger partial charge in [-0.25, -0.2) is 4.98 Å². The van der Waals surface area contributed by atoms with Crippen LogP contribution in [0, 0.1) is 0 Å². The SMILES string of the molecule is CSC1CCC(Nc2ccc(N)c(N)n2)CC1. The summed E-state index contributed by atoms with van der Waals surface area (Å²) in [7, 11) is 0. The maximum absolute atomic E-state index is 5.69. The summed E-state index contributed by atoms with van der Waals surface area (Å²) in [6.45, 7) is 0. The van der Waals surface area contributed by atoms with E-state index in [2.05, 4.69) is 16.6 Å². The fraction of sp³-hybridized carbons (Fsp3) is 0.583. The average Bonchev–Trinajstić information content (AvgIpc) is 2.35. The average molecular weight is 252 g/mol. The van der Waals surface area contributed by atoms with E-state index in [1.165, 1.54) is 25.7 Å². The van der Waals surface area contributed by atoms with Crippen LogP contribution in [0.1, 0.15) is 25.7 Å². The van der Waals surface area contributed by atoms with Gasteiger partial charge in [0.15, 0.2) is 0 Å². The molecule has 0 saturated heterocycles. The normalized spacial score (nSPS) is 24.5. The Labute approximate surface area is 107 Å². The zero-order valence-electron chi connectivity index (χ0n) is 10.1. The maximum atomic E-state index is 5.69. The lowest BCUT2D eigenvalue weighted by atomic mass is 9.95. The zero-order valence-corrected chi connectivity index (χ0v) is 11.0. The molecule has 1 aliphatic rings. The number of aromatic nitrogens is 1. The van der Waals surface area contributed by atoms with E-state index in [9.17, 15) is 0 Å². The van der Waals surface area contributed by atoms with E-state index in [-0.39, 0.29) is 0 Å². The highest BCUT2D eigenvalue weighted by atomic mass is 32.2. The van der Waals surface area contributed by atoms with Crippen molar-refractivity contribution in [1.82, 2.24) is 4.98 Å². The van der Waals surface area contributed by atoms with Gasteiger partial charge in [0.05, 0.1) is 5.69 Å². The van der Waals surface area contributed by atoms with E-state index in [1.54, 1.807) is 6.07 Å². The number of nitrogen functional groups attached to an aromatic ring is 2. The molecule has 17 heavy (non-hydrogen) atoms. The maximum Gasteiger partial charge on any atom is 0.149 e. The Morgan fingerprint density at radius 2 is 1.94 bits per heavy atom. The van der Waals surface area contributed by atoms with Gasteiger partial charge in [-0.1, -0.05) is 0 Å². The fourth-order valence-corrected chi connectivity index (χ4v) is 2.96. The lowest BCUT2D eigenvalue weighted by Gasteiger charge is -2.28.